The van der Waals surface area contributed by atoms with E-state index >= 15 is 0 Å². The minimum absolute atomic E-state index is 0. The Bertz CT molecular complexity index is 117. The molecule has 2 nitrogen and oxygen atoms in total. The van der Waals surface area contributed by atoms with E-state index in [1.807, 2.05) is 0 Å². The van der Waals surface area contributed by atoms with E-state index in [1.165, 1.54) is 12.8 Å². The van der Waals surface area contributed by atoms with Gasteiger partial charge in [0.15, 0.2) is 0 Å². The van der Waals surface area contributed by atoms with E-state index in [1.54, 1.807) is 0 Å². The van der Waals surface area contributed by atoms with Crippen molar-refractivity contribution >= 4 is 12.4 Å². The summed E-state index contributed by atoms with van der Waals surface area (Å²) < 4.78 is 0. The summed E-state index contributed by atoms with van der Waals surface area (Å²) in [7, 11) is 0. The van der Waals surface area contributed by atoms with Crippen LogP contribution in [0.3, 0.4) is 0 Å². The van der Waals surface area contributed by atoms with Gasteiger partial charge in [-0.05, 0) is 24.7 Å². The Morgan fingerprint density at radius 3 is 2.60 bits per heavy atom. The first-order valence-corrected chi connectivity index (χ1v) is 3.69. The average molecular weight is 164 g/mol. The number of nitrogens with one attached hydrogen (secondary N) is 1. The fraction of sp³-hybridized carbons (Fsp3) is 1.00. The second-order valence-corrected chi connectivity index (χ2v) is 3.46. The summed E-state index contributed by atoms with van der Waals surface area (Å²) in [5, 5.41) is 12.1. The van der Waals surface area contributed by atoms with Gasteiger partial charge >= 0.3 is 0 Å². The first kappa shape index (κ1) is 8.31. The van der Waals surface area contributed by atoms with Crippen LogP contribution < -0.4 is 5.32 Å². The van der Waals surface area contributed by atoms with Crippen LogP contribution in [-0.2, 0) is 0 Å². The van der Waals surface area contributed by atoms with E-state index in [9.17, 15) is 0 Å². The van der Waals surface area contributed by atoms with Gasteiger partial charge in [0.25, 0.3) is 0 Å². The predicted molar refractivity (Wildman–Crippen MR) is 42.4 cm³/mol. The van der Waals surface area contributed by atoms with Crippen molar-refractivity contribution in [2.45, 2.75) is 25.3 Å². The largest absolute Gasteiger partial charge is 0.396 e. The van der Waals surface area contributed by atoms with Gasteiger partial charge in [-0.1, -0.05) is 0 Å². The lowest BCUT2D eigenvalue weighted by molar-refractivity contribution is 0.134. The molecule has 3 aliphatic rings. The smallest absolute Gasteiger partial charge is 0.0436 e. The van der Waals surface area contributed by atoms with Gasteiger partial charge in [0.05, 0.1) is 0 Å². The van der Waals surface area contributed by atoms with Crippen molar-refractivity contribution in [2.24, 2.45) is 5.41 Å². The zero-order chi connectivity index (χ0) is 6.32. The molecular weight excluding hydrogens is 150 g/mol. The van der Waals surface area contributed by atoms with Gasteiger partial charge < -0.3 is 10.4 Å². The molecule has 0 atom stereocenters. The molecule has 2 N–H and O–H groups in total. The quantitative estimate of drug-likeness (QED) is 0.623. The highest BCUT2D eigenvalue weighted by Gasteiger charge is 2.49. The van der Waals surface area contributed by atoms with Crippen LogP contribution in [0, 0.1) is 5.41 Å². The van der Waals surface area contributed by atoms with Gasteiger partial charge in [0.1, 0.15) is 0 Å². The van der Waals surface area contributed by atoms with Gasteiger partial charge in [-0.25, -0.2) is 0 Å². The lowest BCUT2D eigenvalue weighted by Crippen LogP contribution is -2.34. The van der Waals surface area contributed by atoms with Crippen LogP contribution in [0.15, 0.2) is 0 Å². The van der Waals surface area contributed by atoms with E-state index < -0.39 is 0 Å². The zero-order valence-electron chi connectivity index (χ0n) is 5.97. The third-order valence-electron chi connectivity index (χ3n) is 2.77. The third kappa shape index (κ3) is 1.04. The van der Waals surface area contributed by atoms with Gasteiger partial charge in [0.2, 0.25) is 0 Å². The number of fused-ring (bicyclic) bond motifs is 1. The van der Waals surface area contributed by atoms with Crippen molar-refractivity contribution in [3.05, 3.63) is 0 Å². The molecule has 2 aliphatic heterocycles. The Morgan fingerprint density at radius 2 is 2.20 bits per heavy atom. The first-order valence-electron chi connectivity index (χ1n) is 3.69. The number of halogens is 1. The van der Waals surface area contributed by atoms with Crippen LogP contribution in [-0.4, -0.2) is 24.3 Å². The Labute approximate surface area is 67.4 Å². The van der Waals surface area contributed by atoms with Crippen LogP contribution in [0.5, 0.6) is 0 Å². The van der Waals surface area contributed by atoms with Crippen molar-refractivity contribution in [3.8, 4) is 0 Å². The molecule has 0 unspecified atom stereocenters. The van der Waals surface area contributed by atoms with Crippen LogP contribution in [0.1, 0.15) is 19.3 Å². The molecule has 2 saturated heterocycles. The molecule has 0 radical (unpaired) electrons. The van der Waals surface area contributed by atoms with Crippen molar-refractivity contribution < 1.29 is 5.11 Å². The summed E-state index contributed by atoms with van der Waals surface area (Å²) in [5.41, 5.74) is 0.527. The molecule has 3 fully saturated rings. The fourth-order valence-electron chi connectivity index (χ4n) is 2.16. The standard InChI is InChI=1S/C7H13NO.ClH/c9-2-1-7-3-6(4-7)8-5-7;/h6,8-9H,1-5H2;1H. The highest BCUT2D eigenvalue weighted by atomic mass is 35.5. The van der Waals surface area contributed by atoms with Crippen LogP contribution >= 0.6 is 12.4 Å². The molecule has 3 heteroatoms. The summed E-state index contributed by atoms with van der Waals surface area (Å²) in [6.45, 7) is 1.52. The molecule has 10 heavy (non-hydrogen) atoms. The Hall–Kier alpha value is 0.210. The Kier molecular flexibility index (Phi) is 2.23. The summed E-state index contributed by atoms with van der Waals surface area (Å²) in [5.74, 6) is 0. The van der Waals surface area contributed by atoms with Gasteiger partial charge in [-0.2, -0.15) is 0 Å². The minimum atomic E-state index is 0. The molecule has 0 amide bonds. The molecule has 60 valence electrons. The lowest BCUT2D eigenvalue weighted by atomic mass is 9.68. The van der Waals surface area contributed by atoms with Crippen LogP contribution in [0.4, 0.5) is 0 Å². The topological polar surface area (TPSA) is 32.3 Å². The summed E-state index contributed by atoms with van der Waals surface area (Å²) in [6, 6.07) is 0.802. The molecule has 2 heterocycles. The van der Waals surface area contributed by atoms with E-state index in [2.05, 4.69) is 5.32 Å². The molecular formula is C7H14ClNO. The number of hydrogen-bond acceptors (Lipinski definition) is 2. The van der Waals surface area contributed by atoms with E-state index in [0.717, 1.165) is 19.0 Å². The third-order valence-corrected chi connectivity index (χ3v) is 2.77. The molecule has 0 spiro atoms. The van der Waals surface area contributed by atoms with Crippen LogP contribution in [0.2, 0.25) is 0 Å². The molecule has 0 aromatic rings. The van der Waals surface area contributed by atoms with Crippen molar-refractivity contribution in [1.29, 1.82) is 0 Å². The second kappa shape index (κ2) is 2.68. The van der Waals surface area contributed by atoms with Crippen molar-refractivity contribution in [2.75, 3.05) is 13.2 Å². The Morgan fingerprint density at radius 1 is 1.50 bits per heavy atom. The molecule has 2 bridgehead atoms. The van der Waals surface area contributed by atoms with E-state index in [0.29, 0.717) is 12.0 Å². The predicted octanol–water partition coefficient (Wildman–Crippen LogP) is 0.543. The number of aliphatic hydroxyl groups is 1. The second-order valence-electron chi connectivity index (χ2n) is 3.46. The van der Waals surface area contributed by atoms with Crippen LogP contribution in [0.25, 0.3) is 0 Å². The maximum absolute atomic E-state index is 8.69. The monoisotopic (exact) mass is 163 g/mol. The normalized spacial score (nSPS) is 42.3. The highest BCUT2D eigenvalue weighted by Crippen LogP contribution is 2.48. The summed E-state index contributed by atoms with van der Waals surface area (Å²) >= 11 is 0. The van der Waals surface area contributed by atoms with Crippen molar-refractivity contribution in [1.82, 2.24) is 5.32 Å². The maximum atomic E-state index is 8.69. The molecule has 0 aromatic heterocycles. The minimum Gasteiger partial charge on any atom is -0.396 e. The van der Waals surface area contributed by atoms with E-state index in [4.69, 9.17) is 5.11 Å². The molecule has 3 rings (SSSR count). The average Bonchev–Trinajstić information content (AvgIpc) is 2.22. The zero-order valence-corrected chi connectivity index (χ0v) is 6.78. The van der Waals surface area contributed by atoms with Crippen molar-refractivity contribution in [3.63, 3.8) is 0 Å². The lowest BCUT2D eigenvalue weighted by Gasteiger charge is -2.36. The highest BCUT2D eigenvalue weighted by molar-refractivity contribution is 5.85. The molecule has 1 saturated carbocycles. The summed E-state index contributed by atoms with van der Waals surface area (Å²) in [4.78, 5) is 0. The summed E-state index contributed by atoms with van der Waals surface area (Å²) in [6.07, 6.45) is 3.64. The SMILES string of the molecule is Cl.OCCC12CNC(C1)C2. The van der Waals surface area contributed by atoms with Gasteiger partial charge in [0, 0.05) is 19.2 Å². The molecule has 1 aliphatic carbocycles. The molecule has 0 aromatic carbocycles. The number of hydrogen-bond donors (Lipinski definition) is 2. The number of aliphatic hydroxyl groups excluding tert-OH is 1. The first-order chi connectivity index (χ1) is 4.35. The fourth-order valence-corrected chi connectivity index (χ4v) is 2.16. The number of rotatable bonds is 2. The Balaban J connectivity index is 0.000000500. The van der Waals surface area contributed by atoms with Gasteiger partial charge in [-0.15, -0.1) is 12.4 Å². The maximum Gasteiger partial charge on any atom is 0.0436 e. The van der Waals surface area contributed by atoms with Gasteiger partial charge in [-0.3, -0.25) is 0 Å². The van der Waals surface area contributed by atoms with E-state index in [-0.39, 0.29) is 12.4 Å².